The van der Waals surface area contributed by atoms with Gasteiger partial charge in [-0.1, -0.05) is 0 Å². The van der Waals surface area contributed by atoms with E-state index >= 15 is 0 Å². The molecule has 22 heavy (non-hydrogen) atoms. The van der Waals surface area contributed by atoms with Crippen molar-refractivity contribution in [1.29, 1.82) is 0 Å². The highest BCUT2D eigenvalue weighted by molar-refractivity contribution is 7.89. The minimum Gasteiger partial charge on any atom is -0.490 e. The topological polar surface area (TPSA) is 116 Å². The number of hydrogen-bond donors (Lipinski definition) is 0. The van der Waals surface area contributed by atoms with Gasteiger partial charge in [0.05, 0.1) is 23.5 Å². The summed E-state index contributed by atoms with van der Waals surface area (Å²) >= 11 is 0. The summed E-state index contributed by atoms with van der Waals surface area (Å²) in [5.41, 5.74) is -0.511. The van der Waals surface area contributed by atoms with Crippen LogP contribution in [0, 0.1) is 10.1 Å². The predicted octanol–water partition coefficient (Wildman–Crippen LogP) is 1.77. The number of methoxy groups -OCH3 is 1. The molecular formula is C12H16N2O7S. The number of amides is 1. The molecule has 1 aromatic rings. The van der Waals surface area contributed by atoms with Crippen molar-refractivity contribution < 1.29 is 27.6 Å². The summed E-state index contributed by atoms with van der Waals surface area (Å²) in [5.74, 6) is -0.0804. The summed E-state index contributed by atoms with van der Waals surface area (Å²) in [4.78, 5) is 21.5. The van der Waals surface area contributed by atoms with Crippen molar-refractivity contribution in [2.75, 3.05) is 20.3 Å². The Morgan fingerprint density at radius 3 is 2.45 bits per heavy atom. The maximum Gasteiger partial charge on any atom is 0.423 e. The first-order valence-electron chi connectivity index (χ1n) is 6.31. The van der Waals surface area contributed by atoms with Crippen LogP contribution >= 0.6 is 0 Å². The molecule has 0 aliphatic heterocycles. The molecular weight excluding hydrogens is 316 g/mol. The molecule has 0 saturated heterocycles. The third-order valence-corrected chi connectivity index (χ3v) is 4.53. The molecule has 0 aromatic heterocycles. The zero-order valence-electron chi connectivity index (χ0n) is 12.3. The van der Waals surface area contributed by atoms with Crippen LogP contribution in [0.2, 0.25) is 0 Å². The summed E-state index contributed by atoms with van der Waals surface area (Å²) in [6, 6.07) is 3.13. The fourth-order valence-electron chi connectivity index (χ4n) is 1.69. The van der Waals surface area contributed by atoms with Crippen molar-refractivity contribution in [3.8, 4) is 5.75 Å². The van der Waals surface area contributed by atoms with Gasteiger partial charge in [0.15, 0.2) is 5.75 Å². The maximum atomic E-state index is 12.4. The fraction of sp³-hybridized carbons (Fsp3) is 0.417. The molecule has 0 spiro atoms. The van der Waals surface area contributed by atoms with Gasteiger partial charge in [-0.25, -0.2) is 17.5 Å². The number of nitro groups is 1. The maximum absolute atomic E-state index is 12.4. The minimum atomic E-state index is -4.25. The first kappa shape index (κ1) is 17.7. The fourth-order valence-corrected chi connectivity index (χ4v) is 3.04. The Balaban J connectivity index is 3.36. The van der Waals surface area contributed by atoms with Gasteiger partial charge >= 0.3 is 11.8 Å². The minimum absolute atomic E-state index is 0.00755. The monoisotopic (exact) mass is 332 g/mol. The molecule has 1 aromatic carbocycles. The smallest absolute Gasteiger partial charge is 0.423 e. The number of nitro benzene ring substituents is 1. The number of carbonyl (C=O) groups is 1. The van der Waals surface area contributed by atoms with Crippen LogP contribution in [0.4, 0.5) is 10.5 Å². The molecule has 9 nitrogen and oxygen atoms in total. The molecule has 1 rings (SSSR count). The molecule has 0 bridgehead atoms. The Bertz CT molecular complexity index is 672. The first-order valence-corrected chi connectivity index (χ1v) is 7.75. The van der Waals surface area contributed by atoms with Crippen molar-refractivity contribution in [2.45, 2.75) is 18.7 Å². The third kappa shape index (κ3) is 3.45. The zero-order chi connectivity index (χ0) is 16.9. The van der Waals surface area contributed by atoms with Crippen LogP contribution in [-0.2, 0) is 14.8 Å². The summed E-state index contributed by atoms with van der Waals surface area (Å²) in [6.07, 6.45) is -1.04. The lowest BCUT2D eigenvalue weighted by Crippen LogP contribution is -2.37. The Kier molecular flexibility index (Phi) is 5.69. The van der Waals surface area contributed by atoms with E-state index in [4.69, 9.17) is 4.74 Å². The molecule has 10 heteroatoms. The highest BCUT2D eigenvalue weighted by atomic mass is 32.2. The van der Waals surface area contributed by atoms with E-state index in [1.807, 2.05) is 0 Å². The van der Waals surface area contributed by atoms with Crippen LogP contribution in [0.1, 0.15) is 13.8 Å². The molecule has 1 amide bonds. The highest BCUT2D eigenvalue weighted by Gasteiger charge is 2.31. The SMILES string of the molecule is CCOC(=O)N(CC)S(=O)(=O)c1ccc(OC)c([N+](=O)[O-])c1. The number of rotatable bonds is 6. The highest BCUT2D eigenvalue weighted by Crippen LogP contribution is 2.30. The molecule has 0 radical (unpaired) electrons. The molecule has 122 valence electrons. The van der Waals surface area contributed by atoms with E-state index in [2.05, 4.69) is 4.74 Å². The van der Waals surface area contributed by atoms with E-state index < -0.39 is 31.6 Å². The largest absolute Gasteiger partial charge is 0.490 e. The molecule has 0 atom stereocenters. The number of ether oxygens (including phenoxy) is 2. The molecule has 0 aliphatic carbocycles. The average Bonchev–Trinajstić information content (AvgIpc) is 2.47. The van der Waals surface area contributed by atoms with Crippen molar-refractivity contribution in [3.63, 3.8) is 0 Å². The molecule has 0 N–H and O–H groups in total. The van der Waals surface area contributed by atoms with Gasteiger partial charge in [-0.05, 0) is 26.0 Å². The van der Waals surface area contributed by atoms with Crippen LogP contribution in [0.5, 0.6) is 5.75 Å². The predicted molar refractivity (Wildman–Crippen MR) is 76.2 cm³/mol. The summed E-state index contributed by atoms with van der Waals surface area (Å²) in [5, 5.41) is 11.0. The Hall–Kier alpha value is -2.36. The van der Waals surface area contributed by atoms with Gasteiger partial charge in [0.2, 0.25) is 0 Å². The lowest BCUT2D eigenvalue weighted by atomic mass is 10.3. The summed E-state index contributed by atoms with van der Waals surface area (Å²) < 4.78 is 34.8. The number of carbonyl (C=O) groups excluding carboxylic acids is 1. The van der Waals surface area contributed by atoms with Gasteiger partial charge in [0.25, 0.3) is 10.0 Å². The summed E-state index contributed by atoms with van der Waals surface area (Å²) in [7, 11) is -3.03. The normalized spacial score (nSPS) is 10.9. The van der Waals surface area contributed by atoms with Crippen molar-refractivity contribution in [1.82, 2.24) is 4.31 Å². The second kappa shape index (κ2) is 7.07. The van der Waals surface area contributed by atoms with E-state index in [0.29, 0.717) is 4.31 Å². The van der Waals surface area contributed by atoms with E-state index in [9.17, 15) is 23.3 Å². The van der Waals surface area contributed by atoms with Gasteiger partial charge in [0, 0.05) is 12.6 Å². The van der Waals surface area contributed by atoms with Crippen LogP contribution in [0.3, 0.4) is 0 Å². The van der Waals surface area contributed by atoms with Gasteiger partial charge in [-0.2, -0.15) is 0 Å². The van der Waals surface area contributed by atoms with E-state index in [1.54, 1.807) is 0 Å². The first-order chi connectivity index (χ1) is 10.3. The Morgan fingerprint density at radius 2 is 2.00 bits per heavy atom. The second-order valence-corrected chi connectivity index (χ2v) is 5.82. The van der Waals surface area contributed by atoms with Crippen LogP contribution in [-0.4, -0.2) is 44.0 Å². The third-order valence-electron chi connectivity index (χ3n) is 2.69. The zero-order valence-corrected chi connectivity index (χ0v) is 13.1. The molecule has 0 saturated carbocycles. The van der Waals surface area contributed by atoms with Gasteiger partial charge in [-0.3, -0.25) is 10.1 Å². The number of sulfonamides is 1. The molecule has 0 aliphatic rings. The van der Waals surface area contributed by atoms with Crippen molar-refractivity contribution in [3.05, 3.63) is 28.3 Å². The molecule has 0 fully saturated rings. The van der Waals surface area contributed by atoms with E-state index in [-0.39, 0.29) is 18.9 Å². The lowest BCUT2D eigenvalue weighted by Gasteiger charge is -2.20. The van der Waals surface area contributed by atoms with Gasteiger partial charge < -0.3 is 9.47 Å². The number of benzene rings is 1. The van der Waals surface area contributed by atoms with Crippen molar-refractivity contribution >= 4 is 21.8 Å². The standard InChI is InChI=1S/C12H16N2O7S/c1-4-13(12(15)21-5-2)22(18,19)9-6-7-11(20-3)10(8-9)14(16)17/h6-8H,4-5H2,1-3H3. The quantitative estimate of drug-likeness (QED) is 0.575. The summed E-state index contributed by atoms with van der Waals surface area (Å²) in [6.45, 7) is 2.83. The van der Waals surface area contributed by atoms with E-state index in [1.165, 1.54) is 21.0 Å². The second-order valence-electron chi connectivity index (χ2n) is 3.96. The van der Waals surface area contributed by atoms with E-state index in [0.717, 1.165) is 18.2 Å². The van der Waals surface area contributed by atoms with Crippen LogP contribution < -0.4 is 4.74 Å². The average molecular weight is 332 g/mol. The molecule has 0 unspecified atom stereocenters. The van der Waals surface area contributed by atoms with Gasteiger partial charge in [-0.15, -0.1) is 0 Å². The van der Waals surface area contributed by atoms with Crippen molar-refractivity contribution in [2.24, 2.45) is 0 Å². The molecule has 0 heterocycles. The number of nitrogens with zero attached hydrogens (tertiary/aromatic N) is 2. The lowest BCUT2D eigenvalue weighted by molar-refractivity contribution is -0.386. The number of hydrogen-bond acceptors (Lipinski definition) is 7. The Labute approximate surface area is 127 Å². The van der Waals surface area contributed by atoms with Crippen LogP contribution in [0.15, 0.2) is 23.1 Å². The van der Waals surface area contributed by atoms with Crippen LogP contribution in [0.25, 0.3) is 0 Å². The van der Waals surface area contributed by atoms with Gasteiger partial charge in [0.1, 0.15) is 0 Å². The Morgan fingerprint density at radius 1 is 1.36 bits per heavy atom.